The number of hydrazone groups is 1. The minimum Gasteiger partial charge on any atom is -0.400 e. The van der Waals surface area contributed by atoms with E-state index in [1.54, 1.807) is 0 Å². The molecule has 0 unspecified atom stereocenters. The van der Waals surface area contributed by atoms with Crippen molar-refractivity contribution >= 4 is 23.8 Å². The van der Waals surface area contributed by atoms with E-state index < -0.39 is 11.0 Å². The molecule has 24 heavy (non-hydrogen) atoms. The van der Waals surface area contributed by atoms with Crippen LogP contribution in [0.1, 0.15) is 12.2 Å². The van der Waals surface area contributed by atoms with E-state index in [0.29, 0.717) is 6.54 Å². The highest BCUT2D eigenvalue weighted by molar-refractivity contribution is 5.79. The predicted molar refractivity (Wildman–Crippen MR) is 89.0 cm³/mol. The van der Waals surface area contributed by atoms with Gasteiger partial charge < -0.3 is 15.1 Å². The number of urea groups is 1. The summed E-state index contributed by atoms with van der Waals surface area (Å²) in [5.74, 6) is -0.208. The highest BCUT2D eigenvalue weighted by atomic mass is 16.6. The number of carbonyl (C=O) groups is 1. The van der Waals surface area contributed by atoms with Gasteiger partial charge in [-0.2, -0.15) is 5.10 Å². The Morgan fingerprint density at radius 3 is 2.71 bits per heavy atom. The van der Waals surface area contributed by atoms with Crippen molar-refractivity contribution in [2.45, 2.75) is 6.42 Å². The molecule has 0 aliphatic heterocycles. The molecule has 0 saturated carbocycles. The molecule has 2 aromatic rings. The van der Waals surface area contributed by atoms with E-state index in [-0.39, 0.29) is 11.6 Å². The molecule has 0 aliphatic rings. The Hall–Kier alpha value is -3.36. The van der Waals surface area contributed by atoms with Crippen LogP contribution in [0.4, 0.5) is 16.4 Å². The molecule has 3 N–H and O–H groups in total. The first-order chi connectivity index (χ1) is 11.6. The molecule has 2 rings (SSSR count). The van der Waals surface area contributed by atoms with Crippen LogP contribution in [0.15, 0.2) is 52.0 Å². The maximum Gasteiger partial charge on any atom is 0.433 e. The zero-order chi connectivity index (χ0) is 17.2. The van der Waals surface area contributed by atoms with Crippen LogP contribution in [0.5, 0.6) is 0 Å². The summed E-state index contributed by atoms with van der Waals surface area (Å²) in [6.07, 6.45) is 1.93. The number of rotatable bonds is 8. The van der Waals surface area contributed by atoms with Crippen LogP contribution in [0.3, 0.4) is 0 Å². The Labute approximate surface area is 137 Å². The molecular weight excluding hydrogens is 314 g/mol. The van der Waals surface area contributed by atoms with E-state index in [9.17, 15) is 14.9 Å². The molecule has 0 saturated heterocycles. The Balaban J connectivity index is 1.59. The molecular formula is C15H17N5O4. The van der Waals surface area contributed by atoms with Crippen LogP contribution in [0, 0.1) is 10.1 Å². The van der Waals surface area contributed by atoms with Gasteiger partial charge in [-0.3, -0.25) is 10.1 Å². The molecule has 0 aliphatic carbocycles. The average molecular weight is 331 g/mol. The van der Waals surface area contributed by atoms with Gasteiger partial charge in [0.2, 0.25) is 0 Å². The largest absolute Gasteiger partial charge is 0.433 e. The van der Waals surface area contributed by atoms with Crippen LogP contribution in [-0.4, -0.2) is 30.3 Å². The highest BCUT2D eigenvalue weighted by Gasteiger charge is 2.10. The number of carbonyl (C=O) groups excluding carboxylic acids is 1. The van der Waals surface area contributed by atoms with Crippen molar-refractivity contribution in [3.63, 3.8) is 0 Å². The lowest BCUT2D eigenvalue weighted by Crippen LogP contribution is -2.33. The zero-order valence-corrected chi connectivity index (χ0v) is 12.8. The first kappa shape index (κ1) is 17.0. The van der Waals surface area contributed by atoms with Crippen molar-refractivity contribution in [1.29, 1.82) is 0 Å². The van der Waals surface area contributed by atoms with Gasteiger partial charge >= 0.3 is 11.9 Å². The fraction of sp³-hybridized carbons (Fsp3) is 0.200. The SMILES string of the molecule is O=C(NCCCNc1ccccc1)N/N=C/c1ccc([N+](=O)[O-])o1. The number of anilines is 1. The number of furan rings is 1. The van der Waals surface area contributed by atoms with E-state index in [2.05, 4.69) is 21.2 Å². The zero-order valence-electron chi connectivity index (χ0n) is 12.8. The second-order valence-corrected chi connectivity index (χ2v) is 4.71. The third-order valence-corrected chi connectivity index (χ3v) is 2.89. The fourth-order valence-electron chi connectivity index (χ4n) is 1.78. The molecule has 2 amide bonds. The summed E-state index contributed by atoms with van der Waals surface area (Å²) in [7, 11) is 0. The van der Waals surface area contributed by atoms with Gasteiger partial charge in [0.15, 0.2) is 5.76 Å². The number of hydrogen-bond acceptors (Lipinski definition) is 6. The standard InChI is InChI=1S/C15H17N5O4/c21-15(17-10-4-9-16-12-5-2-1-3-6-12)19-18-11-13-7-8-14(24-13)20(22)23/h1-3,5-8,11,16H,4,9-10H2,(H2,17,19,21)/b18-11+. The molecule has 0 spiro atoms. The van der Waals surface area contributed by atoms with Crippen LogP contribution in [0.2, 0.25) is 0 Å². The minimum absolute atomic E-state index is 0.175. The lowest BCUT2D eigenvalue weighted by atomic mass is 10.3. The molecule has 0 fully saturated rings. The lowest BCUT2D eigenvalue weighted by Gasteiger charge is -2.06. The Bertz CT molecular complexity index is 699. The van der Waals surface area contributed by atoms with Gasteiger partial charge in [-0.05, 0) is 24.6 Å². The minimum atomic E-state index is -0.652. The molecule has 1 aromatic heterocycles. The first-order valence-electron chi connectivity index (χ1n) is 7.25. The molecule has 9 heteroatoms. The predicted octanol–water partition coefficient (Wildman–Crippen LogP) is 2.32. The maximum absolute atomic E-state index is 11.5. The molecule has 1 aromatic carbocycles. The Morgan fingerprint density at radius 2 is 2.00 bits per heavy atom. The van der Waals surface area contributed by atoms with Crippen molar-refractivity contribution in [2.75, 3.05) is 18.4 Å². The third-order valence-electron chi connectivity index (χ3n) is 2.89. The van der Waals surface area contributed by atoms with E-state index >= 15 is 0 Å². The number of benzene rings is 1. The van der Waals surface area contributed by atoms with Crippen molar-refractivity contribution < 1.29 is 14.1 Å². The van der Waals surface area contributed by atoms with Crippen LogP contribution in [0.25, 0.3) is 0 Å². The maximum atomic E-state index is 11.5. The summed E-state index contributed by atoms with van der Waals surface area (Å²) >= 11 is 0. The fourth-order valence-corrected chi connectivity index (χ4v) is 1.78. The Kier molecular flexibility index (Phi) is 6.33. The first-order valence-corrected chi connectivity index (χ1v) is 7.25. The van der Waals surface area contributed by atoms with E-state index in [1.807, 2.05) is 30.3 Å². The molecule has 0 bridgehead atoms. The smallest absolute Gasteiger partial charge is 0.400 e. The molecule has 1 heterocycles. The van der Waals surface area contributed by atoms with Crippen molar-refractivity contribution in [3.8, 4) is 0 Å². The molecule has 126 valence electrons. The number of nitrogens with zero attached hydrogens (tertiary/aromatic N) is 2. The summed E-state index contributed by atoms with van der Waals surface area (Å²) in [5, 5.41) is 19.9. The number of amides is 2. The van der Waals surface area contributed by atoms with Gasteiger partial charge in [-0.25, -0.2) is 10.2 Å². The normalized spacial score (nSPS) is 10.5. The van der Waals surface area contributed by atoms with Crippen LogP contribution >= 0.6 is 0 Å². The van der Waals surface area contributed by atoms with Gasteiger partial charge in [-0.1, -0.05) is 18.2 Å². The number of para-hydroxylation sites is 1. The quantitative estimate of drug-likeness (QED) is 0.296. The second-order valence-electron chi connectivity index (χ2n) is 4.71. The van der Waals surface area contributed by atoms with Gasteiger partial charge in [0, 0.05) is 18.8 Å². The topological polar surface area (TPSA) is 122 Å². The summed E-state index contributed by atoms with van der Waals surface area (Å²) in [6, 6.07) is 11.9. The summed E-state index contributed by atoms with van der Waals surface area (Å²) in [6.45, 7) is 1.21. The lowest BCUT2D eigenvalue weighted by molar-refractivity contribution is -0.402. The van der Waals surface area contributed by atoms with E-state index in [1.165, 1.54) is 18.3 Å². The highest BCUT2D eigenvalue weighted by Crippen LogP contribution is 2.13. The van der Waals surface area contributed by atoms with Crippen molar-refractivity contribution in [3.05, 3.63) is 58.3 Å². The van der Waals surface area contributed by atoms with Gasteiger partial charge in [0.1, 0.15) is 4.92 Å². The van der Waals surface area contributed by atoms with Crippen LogP contribution in [-0.2, 0) is 0 Å². The van der Waals surface area contributed by atoms with Gasteiger partial charge in [0.05, 0.1) is 12.3 Å². The third kappa shape index (κ3) is 5.79. The van der Waals surface area contributed by atoms with E-state index in [4.69, 9.17) is 4.42 Å². The number of hydrogen-bond donors (Lipinski definition) is 3. The van der Waals surface area contributed by atoms with Gasteiger partial charge in [0.25, 0.3) is 0 Å². The molecule has 0 radical (unpaired) electrons. The Morgan fingerprint density at radius 1 is 1.21 bits per heavy atom. The van der Waals surface area contributed by atoms with Crippen LogP contribution < -0.4 is 16.1 Å². The average Bonchev–Trinajstić information content (AvgIpc) is 3.05. The molecule has 9 nitrogen and oxygen atoms in total. The second kappa shape index (κ2) is 8.93. The summed E-state index contributed by atoms with van der Waals surface area (Å²) < 4.78 is 4.85. The van der Waals surface area contributed by atoms with Crippen molar-refractivity contribution in [1.82, 2.24) is 10.7 Å². The number of nitro groups is 1. The van der Waals surface area contributed by atoms with Crippen molar-refractivity contribution in [2.24, 2.45) is 5.10 Å². The summed E-state index contributed by atoms with van der Waals surface area (Å²) in [5.41, 5.74) is 3.27. The monoisotopic (exact) mass is 331 g/mol. The van der Waals surface area contributed by atoms with Gasteiger partial charge in [-0.15, -0.1) is 0 Å². The van der Waals surface area contributed by atoms with E-state index in [0.717, 1.165) is 18.7 Å². The number of nitrogens with one attached hydrogen (secondary N) is 3. The summed E-state index contributed by atoms with van der Waals surface area (Å²) in [4.78, 5) is 21.3. The molecule has 0 atom stereocenters.